The zero-order valence-electron chi connectivity index (χ0n) is 19.8. The second kappa shape index (κ2) is 10.4. The fourth-order valence-electron chi connectivity index (χ4n) is 3.82. The second-order valence-corrected chi connectivity index (χ2v) is 8.84. The Morgan fingerprint density at radius 1 is 1.14 bits per heavy atom. The summed E-state index contributed by atoms with van der Waals surface area (Å²) in [6, 6.07) is 9.85. The van der Waals surface area contributed by atoms with Crippen molar-refractivity contribution in [2.75, 3.05) is 39.7 Å². The number of carbonyl (C=O) groups excluding carboxylic acids is 1. The Kier molecular flexibility index (Phi) is 7.29. The quantitative estimate of drug-likeness (QED) is 0.270. The SMILES string of the molecule is COCCCn1c(=S)[nH]c2cc(C(=O)Nc3ccc4oc(=O)n(CCN(C)C)c4c3)ccc2c1=O. The first kappa shape index (κ1) is 24.6. The van der Waals surface area contributed by atoms with Crippen molar-refractivity contribution >= 4 is 45.8 Å². The van der Waals surface area contributed by atoms with E-state index in [9.17, 15) is 14.4 Å². The summed E-state index contributed by atoms with van der Waals surface area (Å²) in [4.78, 5) is 43.1. The number of hydrogen-bond donors (Lipinski definition) is 2. The lowest BCUT2D eigenvalue weighted by Gasteiger charge is -2.11. The normalized spacial score (nSPS) is 11.5. The van der Waals surface area contributed by atoms with Crippen LogP contribution in [0.2, 0.25) is 0 Å². The average molecular weight is 498 g/mol. The number of hydrogen-bond acceptors (Lipinski definition) is 7. The molecular weight excluding hydrogens is 470 g/mol. The van der Waals surface area contributed by atoms with Crippen LogP contribution in [0, 0.1) is 4.77 Å². The van der Waals surface area contributed by atoms with E-state index >= 15 is 0 Å². The average Bonchev–Trinajstić information content (AvgIpc) is 3.13. The van der Waals surface area contributed by atoms with Gasteiger partial charge in [0.25, 0.3) is 11.5 Å². The summed E-state index contributed by atoms with van der Waals surface area (Å²) >= 11 is 5.35. The maximum Gasteiger partial charge on any atom is 0.419 e. The molecule has 11 heteroatoms. The van der Waals surface area contributed by atoms with Gasteiger partial charge in [0.2, 0.25) is 0 Å². The molecule has 0 spiro atoms. The van der Waals surface area contributed by atoms with E-state index in [0.29, 0.717) is 65.9 Å². The van der Waals surface area contributed by atoms with Crippen molar-refractivity contribution in [3.63, 3.8) is 0 Å². The molecule has 0 saturated heterocycles. The molecule has 35 heavy (non-hydrogen) atoms. The third kappa shape index (κ3) is 5.26. The molecule has 10 nitrogen and oxygen atoms in total. The Labute approximate surface area is 205 Å². The second-order valence-electron chi connectivity index (χ2n) is 8.45. The largest absolute Gasteiger partial charge is 0.419 e. The number of methoxy groups -OCH3 is 1. The molecule has 2 aromatic heterocycles. The fourth-order valence-corrected chi connectivity index (χ4v) is 4.10. The molecule has 0 aliphatic carbocycles. The van der Waals surface area contributed by atoms with Gasteiger partial charge >= 0.3 is 5.76 Å². The van der Waals surface area contributed by atoms with Crippen molar-refractivity contribution in [3.8, 4) is 0 Å². The minimum atomic E-state index is -0.442. The van der Waals surface area contributed by atoms with Crippen LogP contribution in [0.1, 0.15) is 16.8 Å². The molecule has 184 valence electrons. The van der Waals surface area contributed by atoms with Gasteiger partial charge in [-0.05, 0) is 69.1 Å². The molecule has 0 unspecified atom stereocenters. The number of carbonyl (C=O) groups is 1. The van der Waals surface area contributed by atoms with Crippen molar-refractivity contribution < 1.29 is 13.9 Å². The first-order chi connectivity index (χ1) is 16.8. The molecule has 0 aliphatic heterocycles. The molecule has 0 fully saturated rings. The molecule has 0 bridgehead atoms. The monoisotopic (exact) mass is 497 g/mol. The smallest absolute Gasteiger partial charge is 0.408 e. The molecule has 2 aromatic carbocycles. The van der Waals surface area contributed by atoms with Gasteiger partial charge in [0.15, 0.2) is 10.4 Å². The van der Waals surface area contributed by atoms with Crippen molar-refractivity contribution in [1.82, 2.24) is 19.0 Å². The molecular formula is C24H27N5O5S. The summed E-state index contributed by atoms with van der Waals surface area (Å²) in [5, 5.41) is 3.29. The van der Waals surface area contributed by atoms with E-state index in [2.05, 4.69) is 10.3 Å². The number of aromatic nitrogens is 3. The van der Waals surface area contributed by atoms with Crippen LogP contribution in [-0.2, 0) is 17.8 Å². The van der Waals surface area contributed by atoms with Gasteiger partial charge in [0, 0.05) is 44.6 Å². The predicted octanol–water partition coefficient (Wildman–Crippen LogP) is 2.82. The highest BCUT2D eigenvalue weighted by molar-refractivity contribution is 7.71. The Morgan fingerprint density at radius 2 is 1.94 bits per heavy atom. The summed E-state index contributed by atoms with van der Waals surface area (Å²) in [7, 11) is 5.45. The van der Waals surface area contributed by atoms with E-state index in [4.69, 9.17) is 21.4 Å². The highest BCUT2D eigenvalue weighted by Crippen LogP contribution is 2.20. The van der Waals surface area contributed by atoms with Gasteiger partial charge in [-0.3, -0.25) is 18.7 Å². The standard InChI is InChI=1S/C24H27N5O5S/c1-27(2)10-11-28-19-14-16(6-8-20(19)34-24(28)32)25-21(30)15-5-7-17-18(13-15)26-23(35)29(22(17)31)9-4-12-33-3/h5-8,13-14H,4,9-12H2,1-3H3,(H,25,30)(H,26,35). The molecule has 2 N–H and O–H groups in total. The number of rotatable bonds is 9. The molecule has 0 saturated carbocycles. The maximum absolute atomic E-state index is 13.0. The van der Waals surface area contributed by atoms with Crippen LogP contribution < -0.4 is 16.6 Å². The molecule has 0 atom stereocenters. The van der Waals surface area contributed by atoms with Gasteiger partial charge < -0.3 is 24.4 Å². The number of nitrogens with one attached hydrogen (secondary N) is 2. The van der Waals surface area contributed by atoms with Crippen LogP contribution in [0.4, 0.5) is 5.69 Å². The van der Waals surface area contributed by atoms with Crippen molar-refractivity contribution in [2.45, 2.75) is 19.5 Å². The number of H-pyrrole nitrogens is 1. The first-order valence-electron chi connectivity index (χ1n) is 11.1. The van der Waals surface area contributed by atoms with Crippen LogP contribution in [0.5, 0.6) is 0 Å². The lowest BCUT2D eigenvalue weighted by molar-refractivity contribution is 0.102. The zero-order valence-corrected chi connectivity index (χ0v) is 20.6. The van der Waals surface area contributed by atoms with Crippen molar-refractivity contribution in [3.05, 3.63) is 67.6 Å². The lowest BCUT2D eigenvalue weighted by Crippen LogP contribution is -2.23. The number of oxazole rings is 1. The van der Waals surface area contributed by atoms with Crippen molar-refractivity contribution in [1.29, 1.82) is 0 Å². The highest BCUT2D eigenvalue weighted by atomic mass is 32.1. The Hall–Kier alpha value is -3.54. The Bertz CT molecular complexity index is 1560. The van der Waals surface area contributed by atoms with Crippen molar-refractivity contribution in [2.24, 2.45) is 0 Å². The Morgan fingerprint density at radius 3 is 2.69 bits per heavy atom. The van der Waals surface area contributed by atoms with E-state index in [1.165, 1.54) is 4.57 Å². The summed E-state index contributed by atoms with van der Waals surface area (Å²) in [6.45, 7) is 2.09. The third-order valence-corrected chi connectivity index (χ3v) is 5.99. The number of nitrogens with zero attached hydrogens (tertiary/aromatic N) is 3. The molecule has 1 amide bonds. The van der Waals surface area contributed by atoms with E-state index in [0.717, 1.165) is 0 Å². The van der Waals surface area contributed by atoms with Gasteiger partial charge in [-0.25, -0.2) is 4.79 Å². The summed E-state index contributed by atoms with van der Waals surface area (Å²) < 4.78 is 13.7. The zero-order chi connectivity index (χ0) is 25.1. The number of ether oxygens (including phenoxy) is 1. The van der Waals surface area contributed by atoms with Crippen LogP contribution in [0.3, 0.4) is 0 Å². The van der Waals surface area contributed by atoms with Gasteiger partial charge in [0.05, 0.1) is 16.4 Å². The molecule has 0 radical (unpaired) electrons. The Balaban J connectivity index is 1.60. The van der Waals surface area contributed by atoms with E-state index in [1.807, 2.05) is 19.0 Å². The lowest BCUT2D eigenvalue weighted by atomic mass is 10.1. The fraction of sp³-hybridized carbons (Fsp3) is 0.333. The minimum Gasteiger partial charge on any atom is -0.408 e. The minimum absolute atomic E-state index is 0.215. The van der Waals surface area contributed by atoms with Gasteiger partial charge in [-0.2, -0.15) is 0 Å². The van der Waals surface area contributed by atoms with Gasteiger partial charge in [0.1, 0.15) is 0 Å². The van der Waals surface area contributed by atoms with Crippen LogP contribution >= 0.6 is 12.2 Å². The molecule has 4 rings (SSSR count). The van der Waals surface area contributed by atoms with Gasteiger partial charge in [-0.1, -0.05) is 0 Å². The number of amides is 1. The number of anilines is 1. The molecule has 0 aliphatic rings. The third-order valence-electron chi connectivity index (χ3n) is 5.67. The van der Waals surface area contributed by atoms with Crippen LogP contribution in [0.25, 0.3) is 22.0 Å². The van der Waals surface area contributed by atoms with E-state index in [1.54, 1.807) is 48.1 Å². The number of fused-ring (bicyclic) bond motifs is 2. The van der Waals surface area contributed by atoms with E-state index < -0.39 is 5.76 Å². The van der Waals surface area contributed by atoms with Crippen LogP contribution in [0.15, 0.2) is 50.4 Å². The summed E-state index contributed by atoms with van der Waals surface area (Å²) in [6.07, 6.45) is 0.657. The number of aromatic amines is 1. The summed E-state index contributed by atoms with van der Waals surface area (Å²) in [5.41, 5.74) is 2.20. The van der Waals surface area contributed by atoms with E-state index in [-0.39, 0.29) is 16.2 Å². The maximum atomic E-state index is 13.0. The predicted molar refractivity (Wildman–Crippen MR) is 137 cm³/mol. The summed E-state index contributed by atoms with van der Waals surface area (Å²) in [5.74, 6) is -0.802. The van der Waals surface area contributed by atoms with Crippen LogP contribution in [-0.4, -0.2) is 59.3 Å². The highest BCUT2D eigenvalue weighted by Gasteiger charge is 2.14. The first-order valence-corrected chi connectivity index (χ1v) is 11.5. The number of likely N-dealkylation sites (N-methyl/N-ethyl adjacent to an activating group) is 1. The molecule has 4 aromatic rings. The molecule has 2 heterocycles. The van der Waals surface area contributed by atoms with Gasteiger partial charge in [-0.15, -0.1) is 0 Å². The topological polar surface area (TPSA) is 114 Å². The number of benzene rings is 2.